The van der Waals surface area contributed by atoms with Crippen LogP contribution in [0.3, 0.4) is 0 Å². The van der Waals surface area contributed by atoms with Crippen molar-refractivity contribution in [2.24, 2.45) is 17.3 Å². The first-order valence-electron chi connectivity index (χ1n) is 6.11. The maximum atomic E-state index is 12.0. The van der Waals surface area contributed by atoms with Gasteiger partial charge in [0.2, 0.25) is 0 Å². The second kappa shape index (κ2) is 4.72. The number of hydrogen-bond donors (Lipinski definition) is 1. The largest absolute Gasteiger partial charge is 0.466 e. The van der Waals surface area contributed by atoms with E-state index in [9.17, 15) is 4.79 Å². The molecule has 1 saturated carbocycles. The number of ether oxygens (including phenoxy) is 2. The third-order valence-corrected chi connectivity index (χ3v) is 3.87. The van der Waals surface area contributed by atoms with Gasteiger partial charge in [0.25, 0.3) is 0 Å². The van der Waals surface area contributed by atoms with E-state index in [2.05, 4.69) is 5.32 Å². The van der Waals surface area contributed by atoms with Crippen LogP contribution in [0.2, 0.25) is 0 Å². The highest BCUT2D eigenvalue weighted by Gasteiger charge is 2.55. The summed E-state index contributed by atoms with van der Waals surface area (Å²) in [5.41, 5.74) is -0.0129. The molecule has 0 amide bonds. The molecule has 2 rings (SSSR count). The van der Waals surface area contributed by atoms with Gasteiger partial charge in [-0.05, 0) is 25.7 Å². The predicted octanol–water partition coefficient (Wildman–Crippen LogP) is 0.812. The molecule has 1 aliphatic carbocycles. The van der Waals surface area contributed by atoms with Crippen LogP contribution in [-0.4, -0.2) is 39.4 Å². The molecule has 0 aromatic carbocycles. The molecule has 92 valence electrons. The number of carbonyl (C=O) groups excluding carboxylic acids is 1. The van der Waals surface area contributed by atoms with Crippen LogP contribution in [0.1, 0.15) is 19.8 Å². The van der Waals surface area contributed by atoms with Gasteiger partial charge in [0.15, 0.2) is 0 Å². The van der Waals surface area contributed by atoms with Crippen molar-refractivity contribution in [2.45, 2.75) is 19.8 Å². The van der Waals surface area contributed by atoms with Crippen LogP contribution in [0, 0.1) is 17.3 Å². The first-order valence-corrected chi connectivity index (χ1v) is 6.11. The molecule has 2 aliphatic rings. The molecule has 1 heterocycles. The van der Waals surface area contributed by atoms with Crippen LogP contribution in [0.4, 0.5) is 0 Å². The van der Waals surface area contributed by atoms with Crippen LogP contribution in [0.5, 0.6) is 0 Å². The second-order valence-electron chi connectivity index (χ2n) is 4.88. The lowest BCUT2D eigenvalue weighted by Crippen LogP contribution is -2.41. The Morgan fingerprint density at radius 3 is 2.81 bits per heavy atom. The number of esters is 1. The van der Waals surface area contributed by atoms with Crippen LogP contribution in [-0.2, 0) is 14.3 Å². The summed E-state index contributed by atoms with van der Waals surface area (Å²) in [5, 5.41) is 3.33. The smallest absolute Gasteiger partial charge is 0.310 e. The van der Waals surface area contributed by atoms with Crippen molar-refractivity contribution in [3.63, 3.8) is 0 Å². The quantitative estimate of drug-likeness (QED) is 0.706. The molecule has 2 fully saturated rings. The molecule has 0 spiro atoms. The summed E-state index contributed by atoms with van der Waals surface area (Å²) in [4.78, 5) is 12.0. The molecule has 0 bridgehead atoms. The topological polar surface area (TPSA) is 47.6 Å². The Hall–Kier alpha value is -0.610. The highest BCUT2D eigenvalue weighted by Crippen LogP contribution is 2.52. The Bertz CT molecular complexity index is 265. The molecule has 4 nitrogen and oxygen atoms in total. The van der Waals surface area contributed by atoms with Crippen LogP contribution in [0.25, 0.3) is 0 Å². The summed E-state index contributed by atoms with van der Waals surface area (Å²) >= 11 is 0. The third-order valence-electron chi connectivity index (χ3n) is 3.87. The highest BCUT2D eigenvalue weighted by atomic mass is 16.5. The SMILES string of the molecule is CCOC(=O)C1CNCC1(COC)C1CC1. The molecule has 1 saturated heterocycles. The minimum atomic E-state index is -0.0588. The first-order chi connectivity index (χ1) is 7.74. The standard InChI is InChI=1S/C12H21NO3/c1-3-16-11(14)10-6-13-7-12(10,8-15-2)9-4-5-9/h9-10,13H,3-8H2,1-2H3. The summed E-state index contributed by atoms with van der Waals surface area (Å²) in [6.07, 6.45) is 2.45. The van der Waals surface area contributed by atoms with E-state index in [0.717, 1.165) is 13.1 Å². The van der Waals surface area contributed by atoms with Gasteiger partial charge in [0, 0.05) is 25.6 Å². The predicted molar refractivity (Wildman–Crippen MR) is 60.0 cm³/mol. The zero-order chi connectivity index (χ0) is 11.6. The zero-order valence-corrected chi connectivity index (χ0v) is 10.1. The van der Waals surface area contributed by atoms with E-state index >= 15 is 0 Å². The van der Waals surface area contributed by atoms with Crippen molar-refractivity contribution in [1.29, 1.82) is 0 Å². The van der Waals surface area contributed by atoms with Crippen molar-refractivity contribution in [1.82, 2.24) is 5.32 Å². The molecular formula is C12H21NO3. The van der Waals surface area contributed by atoms with Gasteiger partial charge in [-0.3, -0.25) is 4.79 Å². The average Bonchev–Trinajstić information content (AvgIpc) is 3.02. The lowest BCUT2D eigenvalue weighted by Gasteiger charge is -2.32. The maximum absolute atomic E-state index is 12.0. The first kappa shape index (κ1) is 11.9. The minimum Gasteiger partial charge on any atom is -0.466 e. The Labute approximate surface area is 96.7 Å². The summed E-state index contributed by atoms with van der Waals surface area (Å²) in [5.74, 6) is 0.549. The molecule has 2 atom stereocenters. The fraction of sp³-hybridized carbons (Fsp3) is 0.917. The fourth-order valence-electron chi connectivity index (χ4n) is 2.96. The van der Waals surface area contributed by atoms with E-state index in [-0.39, 0.29) is 17.3 Å². The van der Waals surface area contributed by atoms with Gasteiger partial charge in [-0.15, -0.1) is 0 Å². The van der Waals surface area contributed by atoms with Crippen molar-refractivity contribution in [3.8, 4) is 0 Å². The summed E-state index contributed by atoms with van der Waals surface area (Å²) in [6.45, 7) is 4.60. The lowest BCUT2D eigenvalue weighted by atomic mass is 9.74. The fourth-order valence-corrected chi connectivity index (χ4v) is 2.96. The molecule has 16 heavy (non-hydrogen) atoms. The maximum Gasteiger partial charge on any atom is 0.310 e. The zero-order valence-electron chi connectivity index (χ0n) is 10.1. The molecular weight excluding hydrogens is 206 g/mol. The molecule has 2 unspecified atom stereocenters. The van der Waals surface area contributed by atoms with Crippen molar-refractivity contribution < 1.29 is 14.3 Å². The van der Waals surface area contributed by atoms with Gasteiger partial charge in [0.1, 0.15) is 0 Å². The van der Waals surface area contributed by atoms with E-state index in [1.165, 1.54) is 12.8 Å². The number of methoxy groups -OCH3 is 1. The van der Waals surface area contributed by atoms with Gasteiger partial charge in [-0.2, -0.15) is 0 Å². The summed E-state index contributed by atoms with van der Waals surface area (Å²) in [6, 6.07) is 0. The van der Waals surface area contributed by atoms with E-state index < -0.39 is 0 Å². The van der Waals surface area contributed by atoms with E-state index in [1.54, 1.807) is 7.11 Å². The Kier molecular flexibility index (Phi) is 3.50. The molecule has 0 radical (unpaired) electrons. The summed E-state index contributed by atoms with van der Waals surface area (Å²) < 4.78 is 10.5. The van der Waals surface area contributed by atoms with Gasteiger partial charge in [0.05, 0.1) is 19.1 Å². The van der Waals surface area contributed by atoms with E-state index in [0.29, 0.717) is 19.1 Å². The van der Waals surface area contributed by atoms with Crippen LogP contribution in [0.15, 0.2) is 0 Å². The van der Waals surface area contributed by atoms with Gasteiger partial charge in [-0.1, -0.05) is 0 Å². The van der Waals surface area contributed by atoms with Crippen LogP contribution >= 0.6 is 0 Å². The second-order valence-corrected chi connectivity index (χ2v) is 4.88. The minimum absolute atomic E-state index is 0.0129. The van der Waals surface area contributed by atoms with Crippen molar-refractivity contribution >= 4 is 5.97 Å². The third kappa shape index (κ3) is 1.96. The summed E-state index contributed by atoms with van der Waals surface area (Å²) in [7, 11) is 1.71. The molecule has 1 N–H and O–H groups in total. The van der Waals surface area contributed by atoms with Crippen LogP contribution < -0.4 is 5.32 Å². The molecule has 0 aromatic rings. The molecule has 1 aliphatic heterocycles. The van der Waals surface area contributed by atoms with E-state index in [1.807, 2.05) is 6.92 Å². The Morgan fingerprint density at radius 1 is 1.50 bits per heavy atom. The number of carbonyl (C=O) groups is 1. The molecule has 4 heteroatoms. The Balaban J connectivity index is 2.12. The molecule has 0 aromatic heterocycles. The monoisotopic (exact) mass is 227 g/mol. The van der Waals surface area contributed by atoms with E-state index in [4.69, 9.17) is 9.47 Å². The van der Waals surface area contributed by atoms with Gasteiger partial charge in [-0.25, -0.2) is 0 Å². The van der Waals surface area contributed by atoms with Gasteiger partial charge < -0.3 is 14.8 Å². The number of hydrogen-bond acceptors (Lipinski definition) is 4. The number of rotatable bonds is 5. The highest BCUT2D eigenvalue weighted by molar-refractivity contribution is 5.74. The van der Waals surface area contributed by atoms with Crippen molar-refractivity contribution in [3.05, 3.63) is 0 Å². The van der Waals surface area contributed by atoms with Gasteiger partial charge >= 0.3 is 5.97 Å². The van der Waals surface area contributed by atoms with Crippen molar-refractivity contribution in [2.75, 3.05) is 33.4 Å². The lowest BCUT2D eigenvalue weighted by molar-refractivity contribution is -0.153. The normalized spacial score (nSPS) is 34.0. The Morgan fingerprint density at radius 2 is 2.25 bits per heavy atom. The average molecular weight is 227 g/mol. The number of nitrogens with one attached hydrogen (secondary N) is 1.